The summed E-state index contributed by atoms with van der Waals surface area (Å²) in [5, 5.41) is 3.08. The van der Waals surface area contributed by atoms with Crippen LogP contribution in [0.5, 0.6) is 0 Å². The summed E-state index contributed by atoms with van der Waals surface area (Å²) in [7, 11) is 1.83. The highest BCUT2D eigenvalue weighted by Gasteiger charge is 2.24. The summed E-state index contributed by atoms with van der Waals surface area (Å²) in [6.07, 6.45) is 3.41. The molecule has 0 radical (unpaired) electrons. The number of para-hydroxylation sites is 1. The number of anilines is 2. The Hall–Kier alpha value is -2.63. The zero-order valence-corrected chi connectivity index (χ0v) is 13.5. The molecule has 2 aromatic rings. The molecule has 120 valence electrons. The van der Waals surface area contributed by atoms with Crippen LogP contribution in [0, 0.1) is 6.92 Å². The van der Waals surface area contributed by atoms with E-state index >= 15 is 0 Å². The van der Waals surface area contributed by atoms with Gasteiger partial charge in [-0.2, -0.15) is 0 Å². The van der Waals surface area contributed by atoms with Crippen LogP contribution in [-0.4, -0.2) is 54.0 Å². The van der Waals surface area contributed by atoms with Crippen molar-refractivity contribution in [2.45, 2.75) is 6.92 Å². The highest BCUT2D eigenvalue weighted by molar-refractivity contribution is 5.99. The number of aromatic nitrogens is 2. The first kappa shape index (κ1) is 15.3. The van der Waals surface area contributed by atoms with Crippen molar-refractivity contribution in [3.63, 3.8) is 0 Å². The Labute approximate surface area is 136 Å². The van der Waals surface area contributed by atoms with Gasteiger partial charge < -0.3 is 15.1 Å². The van der Waals surface area contributed by atoms with Crippen LogP contribution < -0.4 is 10.2 Å². The van der Waals surface area contributed by atoms with Crippen LogP contribution in [0.4, 0.5) is 11.5 Å². The first-order valence-corrected chi connectivity index (χ1v) is 7.79. The molecule has 0 bridgehead atoms. The van der Waals surface area contributed by atoms with Gasteiger partial charge in [-0.15, -0.1) is 0 Å². The van der Waals surface area contributed by atoms with Crippen molar-refractivity contribution in [3.05, 3.63) is 47.9 Å². The maximum Gasteiger partial charge on any atom is 0.256 e. The van der Waals surface area contributed by atoms with Crippen LogP contribution >= 0.6 is 0 Å². The highest BCUT2D eigenvalue weighted by atomic mass is 16.2. The third-order valence-electron chi connectivity index (χ3n) is 4.15. The number of carbonyl (C=O) groups excluding carboxylic acids is 1. The molecule has 1 aromatic heterocycles. The molecule has 1 aliphatic rings. The fraction of sp³-hybridized carbons (Fsp3) is 0.353. The number of hydrogen-bond donors (Lipinski definition) is 1. The minimum atomic E-state index is 0.0745. The molecule has 2 heterocycles. The van der Waals surface area contributed by atoms with Gasteiger partial charge in [0.25, 0.3) is 5.91 Å². The Morgan fingerprint density at radius 1 is 1.09 bits per heavy atom. The molecule has 1 saturated heterocycles. The monoisotopic (exact) mass is 311 g/mol. The van der Waals surface area contributed by atoms with E-state index in [1.165, 1.54) is 0 Å². The van der Waals surface area contributed by atoms with Crippen LogP contribution in [0.2, 0.25) is 0 Å². The summed E-state index contributed by atoms with van der Waals surface area (Å²) in [5.74, 6) is 0.987. The second-order valence-electron chi connectivity index (χ2n) is 5.54. The normalized spacial score (nSPS) is 14.7. The lowest BCUT2D eigenvalue weighted by Gasteiger charge is -2.36. The van der Waals surface area contributed by atoms with Crippen molar-refractivity contribution < 1.29 is 4.79 Å². The molecule has 6 nitrogen and oxygen atoms in total. The van der Waals surface area contributed by atoms with Crippen molar-refractivity contribution in [2.75, 3.05) is 43.4 Å². The molecule has 1 aromatic carbocycles. The van der Waals surface area contributed by atoms with Crippen LogP contribution in [-0.2, 0) is 0 Å². The molecule has 1 N–H and O–H groups in total. The average molecular weight is 311 g/mol. The van der Waals surface area contributed by atoms with Crippen molar-refractivity contribution in [2.24, 2.45) is 0 Å². The number of nitrogens with zero attached hydrogens (tertiary/aromatic N) is 4. The van der Waals surface area contributed by atoms with Gasteiger partial charge in [-0.05, 0) is 19.1 Å². The lowest BCUT2D eigenvalue weighted by Crippen LogP contribution is -2.49. The van der Waals surface area contributed by atoms with E-state index in [0.717, 1.165) is 35.9 Å². The van der Waals surface area contributed by atoms with Gasteiger partial charge in [0.15, 0.2) is 0 Å². The summed E-state index contributed by atoms with van der Waals surface area (Å²) in [6, 6.07) is 7.62. The van der Waals surface area contributed by atoms with Crippen molar-refractivity contribution in [1.82, 2.24) is 14.9 Å². The van der Waals surface area contributed by atoms with E-state index in [1.54, 1.807) is 12.4 Å². The molecule has 1 amide bonds. The molecular formula is C17H21N5O. The fourth-order valence-corrected chi connectivity index (χ4v) is 2.89. The number of hydrogen-bond acceptors (Lipinski definition) is 5. The fourth-order valence-electron chi connectivity index (χ4n) is 2.89. The van der Waals surface area contributed by atoms with Crippen molar-refractivity contribution >= 4 is 17.4 Å². The third-order valence-corrected chi connectivity index (χ3v) is 4.15. The topological polar surface area (TPSA) is 61.4 Å². The smallest absolute Gasteiger partial charge is 0.256 e. The van der Waals surface area contributed by atoms with E-state index in [4.69, 9.17) is 0 Å². The molecule has 0 atom stereocenters. The molecular weight excluding hydrogens is 290 g/mol. The molecule has 0 unspecified atom stereocenters. The lowest BCUT2D eigenvalue weighted by molar-refractivity contribution is 0.0747. The molecule has 23 heavy (non-hydrogen) atoms. The highest BCUT2D eigenvalue weighted by Crippen LogP contribution is 2.20. The number of carbonyl (C=O) groups is 1. The standard InChI is InChI=1S/C17H21N5O/c1-13-16(20-8-7-19-13)21-9-11-22(12-10-21)17(23)14-5-3-4-6-15(14)18-2/h3-8,18H,9-12H2,1-2H3. The molecule has 6 heteroatoms. The number of piperazine rings is 1. The van der Waals surface area contributed by atoms with Gasteiger partial charge in [0.05, 0.1) is 11.3 Å². The van der Waals surface area contributed by atoms with Gasteiger partial charge in [-0.3, -0.25) is 9.78 Å². The molecule has 1 fully saturated rings. The minimum absolute atomic E-state index is 0.0745. The van der Waals surface area contributed by atoms with E-state index in [9.17, 15) is 4.79 Å². The van der Waals surface area contributed by atoms with Gasteiger partial charge in [0.2, 0.25) is 0 Å². The van der Waals surface area contributed by atoms with Gasteiger partial charge in [-0.1, -0.05) is 12.1 Å². The van der Waals surface area contributed by atoms with Gasteiger partial charge in [0.1, 0.15) is 5.82 Å². The average Bonchev–Trinajstić information content (AvgIpc) is 2.61. The summed E-state index contributed by atoms with van der Waals surface area (Å²) < 4.78 is 0. The Balaban J connectivity index is 1.69. The number of amides is 1. The first-order valence-electron chi connectivity index (χ1n) is 7.79. The molecule has 1 aliphatic heterocycles. The van der Waals surface area contributed by atoms with E-state index in [2.05, 4.69) is 20.2 Å². The third kappa shape index (κ3) is 3.11. The largest absolute Gasteiger partial charge is 0.387 e. The summed E-state index contributed by atoms with van der Waals surface area (Å²) in [6.45, 7) is 4.88. The molecule has 0 saturated carbocycles. The lowest BCUT2D eigenvalue weighted by atomic mass is 10.1. The number of aryl methyl sites for hydroxylation is 1. The molecule has 3 rings (SSSR count). The second kappa shape index (κ2) is 6.64. The van der Waals surface area contributed by atoms with E-state index < -0.39 is 0 Å². The Bertz CT molecular complexity index is 695. The summed E-state index contributed by atoms with van der Waals surface area (Å²) in [5.41, 5.74) is 2.51. The second-order valence-corrected chi connectivity index (χ2v) is 5.54. The van der Waals surface area contributed by atoms with Crippen LogP contribution in [0.25, 0.3) is 0 Å². The predicted octanol–water partition coefficient (Wildman–Crippen LogP) is 1.79. The van der Waals surface area contributed by atoms with E-state index in [-0.39, 0.29) is 5.91 Å². The maximum absolute atomic E-state index is 12.7. The molecule has 0 spiro atoms. The predicted molar refractivity (Wildman–Crippen MR) is 90.9 cm³/mol. The number of benzene rings is 1. The van der Waals surface area contributed by atoms with E-state index in [1.807, 2.05) is 43.1 Å². The number of nitrogens with one attached hydrogen (secondary N) is 1. The van der Waals surface area contributed by atoms with Crippen molar-refractivity contribution in [3.8, 4) is 0 Å². The quantitative estimate of drug-likeness (QED) is 0.936. The van der Waals surface area contributed by atoms with Crippen LogP contribution in [0.1, 0.15) is 16.1 Å². The van der Waals surface area contributed by atoms with Crippen LogP contribution in [0.15, 0.2) is 36.7 Å². The Morgan fingerprint density at radius 2 is 1.78 bits per heavy atom. The summed E-state index contributed by atoms with van der Waals surface area (Å²) in [4.78, 5) is 25.5. The zero-order valence-electron chi connectivity index (χ0n) is 13.5. The Morgan fingerprint density at radius 3 is 2.48 bits per heavy atom. The first-order chi connectivity index (χ1) is 11.2. The van der Waals surface area contributed by atoms with Gasteiger partial charge in [-0.25, -0.2) is 4.98 Å². The zero-order chi connectivity index (χ0) is 16.2. The maximum atomic E-state index is 12.7. The van der Waals surface area contributed by atoms with Crippen molar-refractivity contribution in [1.29, 1.82) is 0 Å². The Kier molecular flexibility index (Phi) is 4.41. The van der Waals surface area contributed by atoms with E-state index in [0.29, 0.717) is 13.1 Å². The summed E-state index contributed by atoms with van der Waals surface area (Å²) >= 11 is 0. The molecule has 0 aliphatic carbocycles. The van der Waals surface area contributed by atoms with Gasteiger partial charge >= 0.3 is 0 Å². The SMILES string of the molecule is CNc1ccccc1C(=O)N1CCN(c2nccnc2C)CC1. The minimum Gasteiger partial charge on any atom is -0.387 e. The van der Waals surface area contributed by atoms with Gasteiger partial charge in [0, 0.05) is 51.3 Å². The number of rotatable bonds is 3. The van der Waals surface area contributed by atoms with Crippen LogP contribution in [0.3, 0.4) is 0 Å².